The summed E-state index contributed by atoms with van der Waals surface area (Å²) in [5.74, 6) is 0.604. The maximum Gasteiger partial charge on any atom is 0.0483 e. The predicted octanol–water partition coefficient (Wildman–Crippen LogP) is 2.62. The number of benzene rings is 1. The smallest absolute Gasteiger partial charge is 0.0483 e. The summed E-state index contributed by atoms with van der Waals surface area (Å²) in [5, 5.41) is 1.43. The van der Waals surface area contributed by atoms with Gasteiger partial charge in [0.25, 0.3) is 0 Å². The monoisotopic (exact) mass is 271 g/mol. The van der Waals surface area contributed by atoms with E-state index in [9.17, 15) is 0 Å². The van der Waals surface area contributed by atoms with Gasteiger partial charge in [0.1, 0.15) is 0 Å². The van der Waals surface area contributed by atoms with Crippen molar-refractivity contribution in [1.29, 1.82) is 0 Å². The molecular formula is C17H25N3. The van der Waals surface area contributed by atoms with E-state index in [1.54, 1.807) is 0 Å². The second kappa shape index (κ2) is 5.23. The van der Waals surface area contributed by atoms with Crippen LogP contribution in [0.3, 0.4) is 0 Å². The minimum atomic E-state index is 0.604. The van der Waals surface area contributed by atoms with E-state index in [1.165, 1.54) is 16.5 Å². The van der Waals surface area contributed by atoms with Crippen LogP contribution in [-0.2, 0) is 6.54 Å². The Bertz CT molecular complexity index is 599. The lowest BCUT2D eigenvalue weighted by Crippen LogP contribution is -2.34. The number of hydrogen-bond acceptors (Lipinski definition) is 2. The number of likely N-dealkylation sites (N-methyl/N-ethyl adjacent to an activating group) is 2. The van der Waals surface area contributed by atoms with Gasteiger partial charge >= 0.3 is 0 Å². The molecular weight excluding hydrogens is 246 g/mol. The highest BCUT2D eigenvalue weighted by Gasteiger charge is 2.34. The van der Waals surface area contributed by atoms with Gasteiger partial charge in [0.05, 0.1) is 0 Å². The third-order valence-corrected chi connectivity index (χ3v) is 4.69. The second-order valence-electron chi connectivity index (χ2n) is 6.25. The summed E-state index contributed by atoms with van der Waals surface area (Å²) >= 11 is 0. The van der Waals surface area contributed by atoms with Gasteiger partial charge in [0.2, 0.25) is 0 Å². The highest BCUT2D eigenvalue weighted by molar-refractivity contribution is 5.84. The van der Waals surface area contributed by atoms with Crippen LogP contribution in [0, 0.1) is 0 Å². The van der Waals surface area contributed by atoms with Crippen LogP contribution in [-0.4, -0.2) is 54.6 Å². The summed E-state index contributed by atoms with van der Waals surface area (Å²) in [6, 6.07) is 9.43. The average molecular weight is 271 g/mol. The maximum absolute atomic E-state index is 2.45. The molecule has 3 heteroatoms. The van der Waals surface area contributed by atoms with Crippen LogP contribution in [0.25, 0.3) is 10.9 Å². The Morgan fingerprint density at radius 3 is 2.65 bits per heavy atom. The summed E-state index contributed by atoms with van der Waals surface area (Å²) in [5.41, 5.74) is 2.89. The van der Waals surface area contributed by atoms with Crippen molar-refractivity contribution in [2.45, 2.75) is 25.4 Å². The van der Waals surface area contributed by atoms with Gasteiger partial charge in [0.15, 0.2) is 0 Å². The molecule has 0 unspecified atom stereocenters. The average Bonchev–Trinajstić information content (AvgIpc) is 2.99. The summed E-state index contributed by atoms with van der Waals surface area (Å²) in [4.78, 5) is 4.83. The Kier molecular flexibility index (Phi) is 3.57. The quantitative estimate of drug-likeness (QED) is 0.850. The zero-order valence-corrected chi connectivity index (χ0v) is 13.0. The third-order valence-electron chi connectivity index (χ3n) is 4.69. The van der Waals surface area contributed by atoms with E-state index in [-0.39, 0.29) is 0 Å². The van der Waals surface area contributed by atoms with Crippen LogP contribution >= 0.6 is 0 Å². The van der Waals surface area contributed by atoms with Gasteiger partial charge in [-0.1, -0.05) is 18.2 Å². The summed E-state index contributed by atoms with van der Waals surface area (Å²) in [7, 11) is 6.64. The molecule has 0 N–H and O–H groups in total. The van der Waals surface area contributed by atoms with Gasteiger partial charge in [-0.25, -0.2) is 0 Å². The molecule has 3 rings (SSSR count). The minimum Gasteiger partial charge on any atom is -0.347 e. The largest absolute Gasteiger partial charge is 0.347 e. The molecule has 0 bridgehead atoms. The lowest BCUT2D eigenvalue weighted by Gasteiger charge is -2.25. The van der Waals surface area contributed by atoms with Gasteiger partial charge in [-0.05, 0) is 39.7 Å². The molecule has 0 radical (unpaired) electrons. The number of aromatic nitrogens is 1. The molecule has 2 aromatic rings. The van der Waals surface area contributed by atoms with Gasteiger partial charge in [0, 0.05) is 48.7 Å². The van der Waals surface area contributed by atoms with Crippen molar-refractivity contribution < 1.29 is 0 Å². The Balaban J connectivity index is 2.09. The fourth-order valence-corrected chi connectivity index (χ4v) is 3.64. The van der Waals surface area contributed by atoms with E-state index >= 15 is 0 Å². The molecule has 108 valence electrons. The van der Waals surface area contributed by atoms with E-state index < -0.39 is 0 Å². The number of hydrogen-bond donors (Lipinski definition) is 0. The fraction of sp³-hybridized carbons (Fsp3) is 0.529. The third kappa shape index (κ3) is 2.15. The number of likely N-dealkylation sites (tertiary alicyclic amines) is 1. The van der Waals surface area contributed by atoms with Crippen molar-refractivity contribution in [1.82, 2.24) is 14.4 Å². The molecule has 1 fully saturated rings. The molecule has 1 aliphatic rings. The Hall–Kier alpha value is -1.32. The molecule has 1 aromatic carbocycles. The van der Waals surface area contributed by atoms with Crippen molar-refractivity contribution in [3.8, 4) is 0 Å². The number of nitrogens with zero attached hydrogens (tertiary/aromatic N) is 3. The molecule has 20 heavy (non-hydrogen) atoms. The van der Waals surface area contributed by atoms with Crippen molar-refractivity contribution in [3.63, 3.8) is 0 Å². The molecule has 0 saturated carbocycles. The molecule has 3 nitrogen and oxygen atoms in total. The molecule has 2 atom stereocenters. The number of aryl methyl sites for hydroxylation is 1. The first kappa shape index (κ1) is 13.7. The molecule has 2 heterocycles. The standard InChI is InChI=1S/C17H25N3/c1-5-20-11-14(13-8-6-7-9-16(13)20)15-10-19(4)12-17(15)18(2)3/h6-9,11,15,17H,5,10,12H2,1-4H3/t15-,17+/m1/s1. The number of para-hydroxylation sites is 1. The molecule has 1 aromatic heterocycles. The first-order valence-corrected chi connectivity index (χ1v) is 7.54. The van der Waals surface area contributed by atoms with Crippen molar-refractivity contribution in [2.75, 3.05) is 34.2 Å². The molecule has 0 amide bonds. The lowest BCUT2D eigenvalue weighted by molar-refractivity contribution is 0.277. The van der Waals surface area contributed by atoms with Crippen LogP contribution in [0.2, 0.25) is 0 Å². The van der Waals surface area contributed by atoms with Gasteiger partial charge in [-0.2, -0.15) is 0 Å². The van der Waals surface area contributed by atoms with Crippen LogP contribution in [0.5, 0.6) is 0 Å². The van der Waals surface area contributed by atoms with E-state index in [1.807, 2.05) is 0 Å². The van der Waals surface area contributed by atoms with Crippen molar-refractivity contribution in [2.24, 2.45) is 0 Å². The summed E-state index contributed by atoms with van der Waals surface area (Å²) < 4.78 is 2.38. The second-order valence-corrected chi connectivity index (χ2v) is 6.25. The topological polar surface area (TPSA) is 11.4 Å². The van der Waals surface area contributed by atoms with Crippen molar-refractivity contribution in [3.05, 3.63) is 36.0 Å². The number of fused-ring (bicyclic) bond motifs is 1. The zero-order chi connectivity index (χ0) is 14.3. The molecule has 0 aliphatic carbocycles. The van der Waals surface area contributed by atoms with Gasteiger partial charge in [-0.3, -0.25) is 0 Å². The molecule has 0 spiro atoms. The van der Waals surface area contributed by atoms with E-state index in [0.29, 0.717) is 12.0 Å². The summed E-state index contributed by atoms with van der Waals surface area (Å²) in [6.07, 6.45) is 2.38. The van der Waals surface area contributed by atoms with Gasteiger partial charge < -0.3 is 14.4 Å². The van der Waals surface area contributed by atoms with E-state index in [4.69, 9.17) is 0 Å². The lowest BCUT2D eigenvalue weighted by atomic mass is 9.93. The SMILES string of the molecule is CCn1cc([C@H]2CN(C)C[C@@H]2N(C)C)c2ccccc21. The fourth-order valence-electron chi connectivity index (χ4n) is 3.64. The molecule has 1 aliphatic heterocycles. The van der Waals surface area contributed by atoms with Crippen LogP contribution < -0.4 is 0 Å². The maximum atomic E-state index is 2.45. The van der Waals surface area contributed by atoms with E-state index in [2.05, 4.69) is 72.9 Å². The van der Waals surface area contributed by atoms with Crippen molar-refractivity contribution >= 4 is 10.9 Å². The summed E-state index contributed by atoms with van der Waals surface area (Å²) in [6.45, 7) is 5.57. The zero-order valence-electron chi connectivity index (χ0n) is 13.0. The Labute approximate surface area is 121 Å². The van der Waals surface area contributed by atoms with E-state index in [0.717, 1.165) is 19.6 Å². The van der Waals surface area contributed by atoms with Gasteiger partial charge in [-0.15, -0.1) is 0 Å². The first-order valence-electron chi connectivity index (χ1n) is 7.54. The van der Waals surface area contributed by atoms with Crippen LogP contribution in [0.15, 0.2) is 30.5 Å². The Morgan fingerprint density at radius 2 is 1.95 bits per heavy atom. The van der Waals surface area contributed by atoms with Crippen LogP contribution in [0.1, 0.15) is 18.4 Å². The Morgan fingerprint density at radius 1 is 1.20 bits per heavy atom. The predicted molar refractivity (Wildman–Crippen MR) is 85.3 cm³/mol. The first-order chi connectivity index (χ1) is 9.61. The van der Waals surface area contributed by atoms with Crippen LogP contribution in [0.4, 0.5) is 0 Å². The number of rotatable bonds is 3. The normalized spacial score (nSPS) is 24.1. The highest BCUT2D eigenvalue weighted by atomic mass is 15.2. The molecule has 1 saturated heterocycles. The minimum absolute atomic E-state index is 0.604. The highest BCUT2D eigenvalue weighted by Crippen LogP contribution is 2.35.